The molecule has 124 valence electrons. The molecule has 0 unspecified atom stereocenters. The zero-order valence-electron chi connectivity index (χ0n) is 11.9. The number of aromatic nitrogens is 2. The summed E-state index contributed by atoms with van der Waals surface area (Å²) in [6.45, 7) is 3.01. The summed E-state index contributed by atoms with van der Waals surface area (Å²) in [5.74, 6) is -1.66. The van der Waals surface area contributed by atoms with E-state index in [1.54, 1.807) is 13.2 Å². The summed E-state index contributed by atoms with van der Waals surface area (Å²) in [5, 5.41) is 10.4. The SMILES string of the molecule is COc1cc(O[C@@H]2CN[C@@H](C)C2)ncn1.O=C(O)C(F)(F)F. The first-order valence-electron chi connectivity index (χ1n) is 6.28. The number of carboxylic acid groups (broad SMARTS) is 1. The molecule has 10 heteroatoms. The van der Waals surface area contributed by atoms with Gasteiger partial charge in [-0.05, 0) is 6.92 Å². The summed E-state index contributed by atoms with van der Waals surface area (Å²) >= 11 is 0. The third kappa shape index (κ3) is 6.12. The van der Waals surface area contributed by atoms with Crippen LogP contribution in [0.4, 0.5) is 13.2 Å². The molecule has 7 nitrogen and oxygen atoms in total. The molecule has 2 heterocycles. The summed E-state index contributed by atoms with van der Waals surface area (Å²) in [6, 6.07) is 2.21. The minimum Gasteiger partial charge on any atom is -0.481 e. The predicted octanol–water partition coefficient (Wildman–Crippen LogP) is 1.25. The molecule has 0 aliphatic carbocycles. The second-order valence-electron chi connectivity index (χ2n) is 4.49. The Balaban J connectivity index is 0.000000295. The van der Waals surface area contributed by atoms with Crippen LogP contribution in [0, 0.1) is 0 Å². The monoisotopic (exact) mass is 323 g/mol. The highest BCUT2D eigenvalue weighted by Crippen LogP contribution is 2.17. The molecule has 0 aromatic carbocycles. The van der Waals surface area contributed by atoms with E-state index in [0.29, 0.717) is 17.8 Å². The van der Waals surface area contributed by atoms with Crippen molar-refractivity contribution in [1.82, 2.24) is 15.3 Å². The van der Waals surface area contributed by atoms with Gasteiger partial charge in [0.2, 0.25) is 11.8 Å². The van der Waals surface area contributed by atoms with Gasteiger partial charge in [0.1, 0.15) is 12.4 Å². The maximum absolute atomic E-state index is 10.6. The van der Waals surface area contributed by atoms with Crippen molar-refractivity contribution in [2.24, 2.45) is 0 Å². The van der Waals surface area contributed by atoms with Gasteiger partial charge in [-0.2, -0.15) is 13.2 Å². The Morgan fingerprint density at radius 1 is 1.41 bits per heavy atom. The number of aliphatic carboxylic acids is 1. The summed E-state index contributed by atoms with van der Waals surface area (Å²) in [6.07, 6.45) is -2.44. The molecule has 1 aromatic heterocycles. The number of methoxy groups -OCH3 is 1. The summed E-state index contributed by atoms with van der Waals surface area (Å²) in [5.41, 5.74) is 0. The molecule has 1 aromatic rings. The maximum atomic E-state index is 10.6. The Hall–Kier alpha value is -2.10. The first kappa shape index (κ1) is 18.0. The van der Waals surface area contributed by atoms with E-state index < -0.39 is 12.1 Å². The normalized spacial score (nSPS) is 20.8. The number of nitrogens with zero attached hydrogens (tertiary/aromatic N) is 2. The van der Waals surface area contributed by atoms with Crippen LogP contribution in [0.15, 0.2) is 12.4 Å². The number of carbonyl (C=O) groups is 1. The smallest absolute Gasteiger partial charge is 0.481 e. The minimum atomic E-state index is -5.08. The Kier molecular flexibility index (Phi) is 6.35. The van der Waals surface area contributed by atoms with Gasteiger partial charge in [0.05, 0.1) is 13.2 Å². The van der Waals surface area contributed by atoms with Crippen LogP contribution in [0.1, 0.15) is 13.3 Å². The van der Waals surface area contributed by atoms with Gasteiger partial charge in [0.15, 0.2) is 0 Å². The van der Waals surface area contributed by atoms with Crippen LogP contribution in [0.25, 0.3) is 0 Å². The van der Waals surface area contributed by atoms with Gasteiger partial charge in [-0.1, -0.05) is 0 Å². The minimum absolute atomic E-state index is 0.194. The van der Waals surface area contributed by atoms with Crippen LogP contribution in [-0.2, 0) is 4.79 Å². The van der Waals surface area contributed by atoms with Gasteiger partial charge in [0.25, 0.3) is 0 Å². The first-order valence-corrected chi connectivity index (χ1v) is 6.28. The van der Waals surface area contributed by atoms with Gasteiger partial charge in [-0.15, -0.1) is 0 Å². The lowest BCUT2D eigenvalue weighted by Crippen LogP contribution is -2.21. The predicted molar refractivity (Wildman–Crippen MR) is 68.8 cm³/mol. The van der Waals surface area contributed by atoms with Crippen LogP contribution < -0.4 is 14.8 Å². The molecule has 1 fully saturated rings. The van der Waals surface area contributed by atoms with E-state index in [1.807, 2.05) is 0 Å². The van der Waals surface area contributed by atoms with E-state index in [9.17, 15) is 13.2 Å². The second-order valence-corrected chi connectivity index (χ2v) is 4.49. The molecule has 0 amide bonds. The van der Waals surface area contributed by atoms with E-state index in [-0.39, 0.29) is 6.10 Å². The van der Waals surface area contributed by atoms with Crippen LogP contribution in [0.2, 0.25) is 0 Å². The number of carboxylic acids is 1. The molecule has 2 N–H and O–H groups in total. The molecule has 1 saturated heterocycles. The van der Waals surface area contributed by atoms with Crippen molar-refractivity contribution < 1.29 is 32.5 Å². The standard InChI is InChI=1S/C10H15N3O2.C2HF3O2/c1-7-3-8(5-11-7)15-10-4-9(14-2)12-6-13-10;3-2(4,5)1(6)7/h4,6-8,11H,3,5H2,1-2H3;(H,6,7)/t7-,8-;/m0./s1. The third-order valence-corrected chi connectivity index (χ3v) is 2.67. The molecular weight excluding hydrogens is 307 g/mol. The van der Waals surface area contributed by atoms with Crippen LogP contribution >= 0.6 is 0 Å². The number of hydrogen-bond acceptors (Lipinski definition) is 6. The summed E-state index contributed by atoms with van der Waals surface area (Å²) in [7, 11) is 1.57. The second kappa shape index (κ2) is 7.78. The zero-order chi connectivity index (χ0) is 16.8. The van der Waals surface area contributed by atoms with Crippen molar-refractivity contribution in [1.29, 1.82) is 0 Å². The highest BCUT2D eigenvalue weighted by molar-refractivity contribution is 5.73. The number of hydrogen-bond donors (Lipinski definition) is 2. The van der Waals surface area contributed by atoms with Crippen molar-refractivity contribution in [3.05, 3.63) is 12.4 Å². The highest BCUT2D eigenvalue weighted by Gasteiger charge is 2.38. The fourth-order valence-electron chi connectivity index (χ4n) is 1.65. The van der Waals surface area contributed by atoms with E-state index in [0.717, 1.165) is 13.0 Å². The number of rotatable bonds is 3. The quantitative estimate of drug-likeness (QED) is 0.864. The summed E-state index contributed by atoms with van der Waals surface area (Å²) < 4.78 is 42.4. The molecule has 2 rings (SSSR count). The van der Waals surface area contributed by atoms with E-state index in [4.69, 9.17) is 19.4 Å². The van der Waals surface area contributed by atoms with Crippen LogP contribution in [0.5, 0.6) is 11.8 Å². The van der Waals surface area contributed by atoms with Crippen molar-refractivity contribution in [3.8, 4) is 11.8 Å². The largest absolute Gasteiger partial charge is 0.490 e. The molecule has 22 heavy (non-hydrogen) atoms. The molecule has 0 radical (unpaired) electrons. The van der Waals surface area contributed by atoms with Crippen molar-refractivity contribution in [3.63, 3.8) is 0 Å². The Labute approximate surface area is 124 Å². The Morgan fingerprint density at radius 3 is 2.45 bits per heavy atom. The lowest BCUT2D eigenvalue weighted by Gasteiger charge is -2.11. The first-order chi connectivity index (χ1) is 10.2. The van der Waals surface area contributed by atoms with Crippen molar-refractivity contribution in [2.45, 2.75) is 31.7 Å². The topological polar surface area (TPSA) is 93.6 Å². The Morgan fingerprint density at radius 2 is 2.00 bits per heavy atom. The highest BCUT2D eigenvalue weighted by atomic mass is 19.4. The summed E-state index contributed by atoms with van der Waals surface area (Å²) in [4.78, 5) is 16.8. The lowest BCUT2D eigenvalue weighted by molar-refractivity contribution is -0.192. The van der Waals surface area contributed by atoms with Gasteiger partial charge in [0, 0.05) is 19.0 Å². The van der Waals surface area contributed by atoms with E-state index >= 15 is 0 Å². The third-order valence-electron chi connectivity index (χ3n) is 2.67. The maximum Gasteiger partial charge on any atom is 0.490 e. The van der Waals surface area contributed by atoms with Crippen LogP contribution in [-0.4, -0.2) is 53.0 Å². The average Bonchev–Trinajstić information content (AvgIpc) is 2.84. The number of alkyl halides is 3. The number of halogens is 3. The van der Waals surface area contributed by atoms with Crippen LogP contribution in [0.3, 0.4) is 0 Å². The zero-order valence-corrected chi connectivity index (χ0v) is 11.9. The fraction of sp³-hybridized carbons (Fsp3) is 0.583. The Bertz CT molecular complexity index is 499. The van der Waals surface area contributed by atoms with Gasteiger partial charge in [-0.25, -0.2) is 14.8 Å². The molecular formula is C12H16F3N3O4. The molecule has 0 saturated carbocycles. The molecule has 0 spiro atoms. The average molecular weight is 323 g/mol. The molecule has 1 aliphatic heterocycles. The number of ether oxygens (including phenoxy) is 2. The fourth-order valence-corrected chi connectivity index (χ4v) is 1.65. The molecule has 1 aliphatic rings. The van der Waals surface area contributed by atoms with Gasteiger partial charge < -0.3 is 19.9 Å². The van der Waals surface area contributed by atoms with E-state index in [2.05, 4.69) is 22.2 Å². The molecule has 2 atom stereocenters. The number of nitrogens with one attached hydrogen (secondary N) is 1. The van der Waals surface area contributed by atoms with E-state index in [1.165, 1.54) is 6.33 Å². The van der Waals surface area contributed by atoms with Crippen molar-refractivity contribution >= 4 is 5.97 Å². The lowest BCUT2D eigenvalue weighted by atomic mass is 10.2. The van der Waals surface area contributed by atoms with Gasteiger partial charge in [-0.3, -0.25) is 0 Å². The molecule has 0 bridgehead atoms. The van der Waals surface area contributed by atoms with Gasteiger partial charge >= 0.3 is 12.1 Å². The van der Waals surface area contributed by atoms with Crippen molar-refractivity contribution in [2.75, 3.05) is 13.7 Å².